The molecule has 0 aliphatic heterocycles. The van der Waals surface area contributed by atoms with Gasteiger partial charge < -0.3 is 10.6 Å². The van der Waals surface area contributed by atoms with Crippen molar-refractivity contribution in [2.75, 3.05) is 20.6 Å². The first-order valence-electron chi connectivity index (χ1n) is 8.63. The Labute approximate surface area is 189 Å². The molecular weight excluding hydrogens is 507 g/mol. The molecule has 0 saturated carbocycles. The lowest BCUT2D eigenvalue weighted by molar-refractivity contribution is 0.588. The molecule has 0 heterocycles. The lowest BCUT2D eigenvalue weighted by atomic mass is 10.2. The van der Waals surface area contributed by atoms with Gasteiger partial charge >= 0.3 is 0 Å². The van der Waals surface area contributed by atoms with E-state index in [1.54, 1.807) is 31.3 Å². The second-order valence-corrected chi connectivity index (χ2v) is 9.30. The van der Waals surface area contributed by atoms with E-state index in [2.05, 4.69) is 39.4 Å². The van der Waals surface area contributed by atoms with Crippen LogP contribution in [-0.2, 0) is 16.6 Å². The largest absolute Gasteiger partial charge is 0.355 e. The highest BCUT2D eigenvalue weighted by Crippen LogP contribution is 2.21. The summed E-state index contributed by atoms with van der Waals surface area (Å²) in [6, 6.07) is 17.1. The Morgan fingerprint density at radius 3 is 2.29 bits per heavy atom. The Balaban J connectivity index is 0.00000392. The maximum Gasteiger partial charge on any atom is 0.240 e. The Morgan fingerprint density at radius 2 is 1.71 bits per heavy atom. The third-order valence-corrected chi connectivity index (χ3v) is 6.37. The molecule has 0 aliphatic rings. The molecule has 3 N–H and O–H groups in total. The van der Waals surface area contributed by atoms with Gasteiger partial charge in [-0.2, -0.15) is 0 Å². The molecule has 9 heteroatoms. The maximum atomic E-state index is 11.7. The van der Waals surface area contributed by atoms with Crippen LogP contribution in [-0.4, -0.2) is 40.3 Å². The Kier molecular flexibility index (Phi) is 10.9. The molecule has 0 radical (unpaired) electrons. The number of aliphatic imine (C=N–C) groups is 1. The number of rotatable bonds is 8. The second-order valence-electron chi connectivity index (χ2n) is 5.90. The van der Waals surface area contributed by atoms with Crippen LogP contribution in [0, 0.1) is 0 Å². The van der Waals surface area contributed by atoms with Crippen molar-refractivity contribution >= 4 is 51.7 Å². The third kappa shape index (κ3) is 7.98. The summed E-state index contributed by atoms with van der Waals surface area (Å²) in [6.07, 6.45) is 0. The van der Waals surface area contributed by atoms with Gasteiger partial charge in [-0.1, -0.05) is 37.3 Å². The molecule has 0 saturated heterocycles. The van der Waals surface area contributed by atoms with Gasteiger partial charge in [-0.15, -0.1) is 35.7 Å². The van der Waals surface area contributed by atoms with E-state index in [0.717, 1.165) is 12.1 Å². The van der Waals surface area contributed by atoms with Crippen LogP contribution in [0.25, 0.3) is 0 Å². The first-order chi connectivity index (χ1) is 12.9. The van der Waals surface area contributed by atoms with Crippen molar-refractivity contribution in [1.29, 1.82) is 0 Å². The standard InChI is InChI=1S/C19H26N4O2S2.HI/c1-15(26-17-7-5-4-6-8-17)13-22-19(20-2)23-14-16-9-11-18(12-10-16)27(24,25)21-3;/h4-12,15,21H,13-14H2,1-3H3,(H2,20,22,23);1H. The quantitative estimate of drug-likeness (QED) is 0.210. The summed E-state index contributed by atoms with van der Waals surface area (Å²) in [6.45, 7) is 3.50. The number of thioether (sulfide) groups is 1. The molecule has 0 spiro atoms. The van der Waals surface area contributed by atoms with Crippen LogP contribution in [0.1, 0.15) is 12.5 Å². The summed E-state index contributed by atoms with van der Waals surface area (Å²) >= 11 is 1.81. The van der Waals surface area contributed by atoms with E-state index in [4.69, 9.17) is 0 Å². The predicted molar refractivity (Wildman–Crippen MR) is 128 cm³/mol. The molecule has 154 valence electrons. The summed E-state index contributed by atoms with van der Waals surface area (Å²) in [5.74, 6) is 0.711. The summed E-state index contributed by atoms with van der Waals surface area (Å²) in [5, 5.41) is 6.94. The first kappa shape index (κ1) is 24.7. The van der Waals surface area contributed by atoms with Crippen LogP contribution in [0.5, 0.6) is 0 Å². The minimum absolute atomic E-state index is 0. The van der Waals surface area contributed by atoms with Crippen LogP contribution >= 0.6 is 35.7 Å². The van der Waals surface area contributed by atoms with Gasteiger partial charge in [0.15, 0.2) is 5.96 Å². The number of sulfonamides is 1. The predicted octanol–water partition coefficient (Wildman–Crippen LogP) is 3.06. The number of halogens is 1. The van der Waals surface area contributed by atoms with Crippen molar-refractivity contribution in [2.24, 2.45) is 4.99 Å². The molecule has 6 nitrogen and oxygen atoms in total. The molecule has 1 atom stereocenters. The number of hydrogen-bond donors (Lipinski definition) is 3. The average molecular weight is 534 g/mol. The number of nitrogens with one attached hydrogen (secondary N) is 3. The van der Waals surface area contributed by atoms with Gasteiger partial charge in [0.2, 0.25) is 10.0 Å². The third-order valence-electron chi connectivity index (χ3n) is 3.82. The van der Waals surface area contributed by atoms with Crippen molar-refractivity contribution in [3.63, 3.8) is 0 Å². The van der Waals surface area contributed by atoms with Crippen LogP contribution in [0.4, 0.5) is 0 Å². The SMILES string of the molecule is CN=C(NCc1ccc(S(=O)(=O)NC)cc1)NCC(C)Sc1ccccc1.I. The number of hydrogen-bond acceptors (Lipinski definition) is 4. The molecule has 1 unspecified atom stereocenters. The van der Waals surface area contributed by atoms with Crippen LogP contribution in [0.3, 0.4) is 0 Å². The summed E-state index contributed by atoms with van der Waals surface area (Å²) in [5.41, 5.74) is 0.972. The van der Waals surface area contributed by atoms with Crippen LogP contribution in [0.15, 0.2) is 69.4 Å². The zero-order valence-corrected chi connectivity index (χ0v) is 20.1. The van der Waals surface area contributed by atoms with Gasteiger partial charge in [0.25, 0.3) is 0 Å². The molecule has 0 fully saturated rings. The van der Waals surface area contributed by atoms with E-state index in [-0.39, 0.29) is 28.9 Å². The van der Waals surface area contributed by atoms with Gasteiger partial charge in [0, 0.05) is 30.3 Å². The van der Waals surface area contributed by atoms with Crippen molar-refractivity contribution in [1.82, 2.24) is 15.4 Å². The molecule has 0 amide bonds. The van der Waals surface area contributed by atoms with Crippen molar-refractivity contribution in [3.05, 3.63) is 60.2 Å². The highest BCUT2D eigenvalue weighted by atomic mass is 127. The molecule has 0 aliphatic carbocycles. The molecule has 2 aromatic rings. The highest BCUT2D eigenvalue weighted by molar-refractivity contribution is 14.0. The van der Waals surface area contributed by atoms with E-state index in [0.29, 0.717) is 17.8 Å². The lowest BCUT2D eigenvalue weighted by Gasteiger charge is -2.16. The molecular formula is C19H27IN4O2S2. The van der Waals surface area contributed by atoms with Gasteiger partial charge in [0.1, 0.15) is 0 Å². The zero-order valence-electron chi connectivity index (χ0n) is 16.2. The molecule has 2 aromatic carbocycles. The van der Waals surface area contributed by atoms with E-state index >= 15 is 0 Å². The van der Waals surface area contributed by atoms with Crippen LogP contribution in [0.2, 0.25) is 0 Å². The summed E-state index contributed by atoms with van der Waals surface area (Å²) in [7, 11) is -0.274. The van der Waals surface area contributed by atoms with E-state index in [1.165, 1.54) is 11.9 Å². The maximum absolute atomic E-state index is 11.7. The van der Waals surface area contributed by atoms with Crippen molar-refractivity contribution in [2.45, 2.75) is 28.5 Å². The number of benzene rings is 2. The molecule has 0 bridgehead atoms. The fourth-order valence-corrected chi connectivity index (χ4v) is 4.00. The highest BCUT2D eigenvalue weighted by Gasteiger charge is 2.10. The fourth-order valence-electron chi connectivity index (χ4n) is 2.32. The molecule has 0 aromatic heterocycles. The fraction of sp³-hybridized carbons (Fsp3) is 0.316. The number of guanidine groups is 1. The average Bonchev–Trinajstić information content (AvgIpc) is 2.69. The van der Waals surface area contributed by atoms with Gasteiger partial charge in [-0.25, -0.2) is 13.1 Å². The number of nitrogens with zero attached hydrogens (tertiary/aromatic N) is 1. The minimum atomic E-state index is -3.40. The normalized spacial score (nSPS) is 12.8. The minimum Gasteiger partial charge on any atom is -0.355 e. The smallest absolute Gasteiger partial charge is 0.240 e. The topological polar surface area (TPSA) is 82.6 Å². The van der Waals surface area contributed by atoms with Crippen LogP contribution < -0.4 is 15.4 Å². The Bertz CT molecular complexity index is 844. The first-order valence-corrected chi connectivity index (χ1v) is 11.0. The van der Waals surface area contributed by atoms with Crippen molar-refractivity contribution < 1.29 is 8.42 Å². The Hall–Kier alpha value is -1.30. The molecule has 28 heavy (non-hydrogen) atoms. The Morgan fingerprint density at radius 1 is 1.07 bits per heavy atom. The van der Waals surface area contributed by atoms with E-state index < -0.39 is 10.0 Å². The monoisotopic (exact) mass is 534 g/mol. The van der Waals surface area contributed by atoms with Crippen molar-refractivity contribution in [3.8, 4) is 0 Å². The summed E-state index contributed by atoms with van der Waals surface area (Å²) < 4.78 is 25.8. The second kappa shape index (κ2) is 12.3. The van der Waals surface area contributed by atoms with E-state index in [9.17, 15) is 8.42 Å². The van der Waals surface area contributed by atoms with Gasteiger partial charge in [-0.3, -0.25) is 4.99 Å². The van der Waals surface area contributed by atoms with E-state index in [1.807, 2.05) is 30.0 Å². The summed E-state index contributed by atoms with van der Waals surface area (Å²) in [4.78, 5) is 5.73. The van der Waals surface area contributed by atoms with Gasteiger partial charge in [0.05, 0.1) is 4.90 Å². The zero-order chi connectivity index (χ0) is 19.7. The van der Waals surface area contributed by atoms with Gasteiger partial charge in [-0.05, 0) is 36.9 Å². The lowest BCUT2D eigenvalue weighted by Crippen LogP contribution is -2.39. The molecule has 2 rings (SSSR count).